The Morgan fingerprint density at radius 3 is 2.45 bits per heavy atom. The number of ether oxygens (including phenoxy) is 1. The monoisotopic (exact) mass is 317 g/mol. The van der Waals surface area contributed by atoms with Gasteiger partial charge in [-0.1, -0.05) is 12.1 Å². The third-order valence-electron chi connectivity index (χ3n) is 3.80. The number of rotatable bonds is 4. The molecule has 0 unspecified atom stereocenters. The molecule has 0 saturated heterocycles. The maximum atomic E-state index is 12.3. The lowest BCUT2D eigenvalue weighted by Crippen LogP contribution is -2.38. The number of para-hydroxylation sites is 1. The van der Waals surface area contributed by atoms with Crippen molar-refractivity contribution in [1.82, 2.24) is 5.32 Å². The average Bonchev–Trinajstić information content (AvgIpc) is 2.47. The van der Waals surface area contributed by atoms with E-state index in [0.29, 0.717) is 12.8 Å². The van der Waals surface area contributed by atoms with Crippen LogP contribution in [-0.4, -0.2) is 30.0 Å². The number of aliphatic hydroxyl groups excluding tert-OH is 1. The predicted molar refractivity (Wildman–Crippen MR) is 73.4 cm³/mol. The number of carbonyl (C=O) groups excluding carboxylic acids is 1. The highest BCUT2D eigenvalue weighted by Crippen LogP contribution is 2.27. The summed E-state index contributed by atoms with van der Waals surface area (Å²) < 4.78 is 40.9. The fraction of sp³-hybridized carbons (Fsp3) is 0.533. The van der Waals surface area contributed by atoms with Crippen LogP contribution in [0.4, 0.5) is 13.2 Å². The Morgan fingerprint density at radius 1 is 1.23 bits per heavy atom. The van der Waals surface area contributed by atoms with Crippen LogP contribution in [0.25, 0.3) is 0 Å². The normalized spacial score (nSPS) is 22.2. The molecule has 0 heterocycles. The van der Waals surface area contributed by atoms with E-state index in [1.54, 1.807) is 0 Å². The van der Waals surface area contributed by atoms with E-state index in [1.165, 1.54) is 18.2 Å². The van der Waals surface area contributed by atoms with Crippen molar-refractivity contribution >= 4 is 5.91 Å². The van der Waals surface area contributed by atoms with Gasteiger partial charge in [0, 0.05) is 12.6 Å². The molecule has 2 N–H and O–H groups in total. The molecular weight excluding hydrogens is 299 g/mol. The Bertz CT molecular complexity index is 511. The molecule has 22 heavy (non-hydrogen) atoms. The van der Waals surface area contributed by atoms with Crippen molar-refractivity contribution in [2.45, 2.75) is 38.1 Å². The Kier molecular flexibility index (Phi) is 5.28. The van der Waals surface area contributed by atoms with Gasteiger partial charge in [-0.3, -0.25) is 4.79 Å². The van der Waals surface area contributed by atoms with E-state index in [-0.39, 0.29) is 24.1 Å². The summed E-state index contributed by atoms with van der Waals surface area (Å²) in [5.74, 6) is -0.835. The second kappa shape index (κ2) is 7.00. The number of benzene rings is 1. The summed E-state index contributed by atoms with van der Waals surface area (Å²) in [6.07, 6.45) is -1.83. The third kappa shape index (κ3) is 4.62. The van der Waals surface area contributed by atoms with Crippen molar-refractivity contribution in [3.8, 4) is 5.75 Å². The minimum absolute atomic E-state index is 0.0887. The topological polar surface area (TPSA) is 58.6 Å². The van der Waals surface area contributed by atoms with Gasteiger partial charge in [0.25, 0.3) is 5.91 Å². The zero-order chi connectivity index (χ0) is 16.2. The first kappa shape index (κ1) is 16.6. The molecule has 0 aromatic heterocycles. The molecule has 1 aromatic carbocycles. The smallest absolute Gasteiger partial charge is 0.405 e. The van der Waals surface area contributed by atoms with Crippen LogP contribution in [0.15, 0.2) is 24.3 Å². The Morgan fingerprint density at radius 2 is 1.86 bits per heavy atom. The van der Waals surface area contributed by atoms with E-state index in [0.717, 1.165) is 18.9 Å². The summed E-state index contributed by atoms with van der Waals surface area (Å²) in [5, 5.41) is 11.8. The lowest BCUT2D eigenvalue weighted by Gasteiger charge is -2.28. The van der Waals surface area contributed by atoms with Crippen LogP contribution in [0.2, 0.25) is 0 Å². The first-order valence-corrected chi connectivity index (χ1v) is 7.15. The standard InChI is InChI=1S/C15H18F3NO3/c16-15(17,18)22-13-4-2-1-3-12(13)14(21)19-11-7-5-10(9-20)6-8-11/h1-4,10-11,20H,5-9H2,(H,19,21). The van der Waals surface area contributed by atoms with Gasteiger partial charge in [-0.25, -0.2) is 0 Å². The van der Waals surface area contributed by atoms with Gasteiger partial charge >= 0.3 is 6.36 Å². The highest BCUT2D eigenvalue weighted by molar-refractivity contribution is 5.97. The minimum atomic E-state index is -4.84. The van der Waals surface area contributed by atoms with Crippen molar-refractivity contribution in [2.24, 2.45) is 5.92 Å². The molecule has 1 aliphatic rings. The van der Waals surface area contributed by atoms with Crippen molar-refractivity contribution in [3.05, 3.63) is 29.8 Å². The van der Waals surface area contributed by atoms with Gasteiger partial charge in [0.2, 0.25) is 0 Å². The molecule has 0 spiro atoms. The molecule has 0 aliphatic heterocycles. The molecule has 1 amide bonds. The lowest BCUT2D eigenvalue weighted by atomic mass is 9.86. The summed E-state index contributed by atoms with van der Waals surface area (Å²) in [4.78, 5) is 12.2. The lowest BCUT2D eigenvalue weighted by molar-refractivity contribution is -0.274. The first-order chi connectivity index (χ1) is 10.4. The maximum absolute atomic E-state index is 12.3. The number of carbonyl (C=O) groups is 1. The Labute approximate surface area is 126 Å². The summed E-state index contributed by atoms with van der Waals surface area (Å²) in [7, 11) is 0. The second-order valence-corrected chi connectivity index (χ2v) is 5.42. The van der Waals surface area contributed by atoms with E-state index in [9.17, 15) is 18.0 Å². The van der Waals surface area contributed by atoms with E-state index in [1.807, 2.05) is 0 Å². The van der Waals surface area contributed by atoms with Gasteiger partial charge in [0.05, 0.1) is 5.56 Å². The molecule has 0 radical (unpaired) electrons. The minimum Gasteiger partial charge on any atom is -0.405 e. The molecule has 0 atom stereocenters. The zero-order valence-corrected chi connectivity index (χ0v) is 11.9. The van der Waals surface area contributed by atoms with Crippen molar-refractivity contribution < 1.29 is 27.8 Å². The molecule has 1 saturated carbocycles. The van der Waals surface area contributed by atoms with E-state index in [4.69, 9.17) is 5.11 Å². The van der Waals surface area contributed by atoms with Crippen molar-refractivity contribution in [3.63, 3.8) is 0 Å². The fourth-order valence-corrected chi connectivity index (χ4v) is 2.62. The van der Waals surface area contributed by atoms with E-state index >= 15 is 0 Å². The summed E-state index contributed by atoms with van der Waals surface area (Å²) in [5.41, 5.74) is -0.135. The van der Waals surface area contributed by atoms with Crippen LogP contribution in [0.3, 0.4) is 0 Å². The van der Waals surface area contributed by atoms with E-state index in [2.05, 4.69) is 10.1 Å². The van der Waals surface area contributed by atoms with Crippen LogP contribution in [-0.2, 0) is 0 Å². The molecule has 1 aliphatic carbocycles. The van der Waals surface area contributed by atoms with Crippen LogP contribution < -0.4 is 10.1 Å². The van der Waals surface area contributed by atoms with E-state index < -0.39 is 18.0 Å². The summed E-state index contributed by atoms with van der Waals surface area (Å²) in [6, 6.07) is 5.20. The Hall–Kier alpha value is -1.76. The van der Waals surface area contributed by atoms with Crippen molar-refractivity contribution in [1.29, 1.82) is 0 Å². The highest BCUT2D eigenvalue weighted by atomic mass is 19.4. The molecule has 1 fully saturated rings. The number of aliphatic hydroxyl groups is 1. The van der Waals surface area contributed by atoms with Gasteiger partial charge in [0.1, 0.15) is 5.75 Å². The van der Waals surface area contributed by atoms with Gasteiger partial charge in [0.15, 0.2) is 0 Å². The molecule has 122 valence electrons. The van der Waals surface area contributed by atoms with Gasteiger partial charge in [-0.2, -0.15) is 0 Å². The number of halogens is 3. The van der Waals surface area contributed by atoms with Crippen LogP contribution >= 0.6 is 0 Å². The van der Waals surface area contributed by atoms with Gasteiger partial charge in [-0.05, 0) is 43.7 Å². The SMILES string of the molecule is O=C(NC1CCC(CO)CC1)c1ccccc1OC(F)(F)F. The first-order valence-electron chi connectivity index (χ1n) is 7.15. The molecule has 2 rings (SSSR count). The number of amides is 1. The average molecular weight is 317 g/mol. The quantitative estimate of drug-likeness (QED) is 0.898. The molecule has 1 aromatic rings. The number of nitrogens with one attached hydrogen (secondary N) is 1. The highest BCUT2D eigenvalue weighted by Gasteiger charge is 2.33. The largest absolute Gasteiger partial charge is 0.573 e. The van der Waals surface area contributed by atoms with Crippen LogP contribution in [0.5, 0.6) is 5.75 Å². The van der Waals surface area contributed by atoms with Crippen LogP contribution in [0, 0.1) is 5.92 Å². The van der Waals surface area contributed by atoms with Crippen molar-refractivity contribution in [2.75, 3.05) is 6.61 Å². The van der Waals surface area contributed by atoms with Gasteiger partial charge in [-0.15, -0.1) is 13.2 Å². The fourth-order valence-electron chi connectivity index (χ4n) is 2.62. The second-order valence-electron chi connectivity index (χ2n) is 5.42. The third-order valence-corrected chi connectivity index (χ3v) is 3.80. The number of hydrogen-bond donors (Lipinski definition) is 2. The molecule has 4 nitrogen and oxygen atoms in total. The molecule has 0 bridgehead atoms. The summed E-state index contributed by atoms with van der Waals surface area (Å²) in [6.45, 7) is 0.128. The van der Waals surface area contributed by atoms with Crippen LogP contribution in [0.1, 0.15) is 36.0 Å². The number of alkyl halides is 3. The predicted octanol–water partition coefficient (Wildman–Crippen LogP) is 2.87. The van der Waals surface area contributed by atoms with Gasteiger partial charge < -0.3 is 15.2 Å². The Balaban J connectivity index is 2.01. The summed E-state index contributed by atoms with van der Waals surface area (Å²) >= 11 is 0. The zero-order valence-electron chi connectivity index (χ0n) is 11.9. The number of hydrogen-bond acceptors (Lipinski definition) is 3. The maximum Gasteiger partial charge on any atom is 0.573 e. The molecular formula is C15H18F3NO3. The molecule has 7 heteroatoms.